The lowest BCUT2D eigenvalue weighted by Crippen LogP contribution is -2.57. The Morgan fingerprint density at radius 1 is 1.29 bits per heavy atom. The summed E-state index contributed by atoms with van der Waals surface area (Å²) in [6, 6.07) is 10.6. The van der Waals surface area contributed by atoms with E-state index in [0.29, 0.717) is 6.54 Å². The lowest BCUT2D eigenvalue weighted by molar-refractivity contribution is 0.0129. The molecule has 168 valence electrons. The van der Waals surface area contributed by atoms with Crippen molar-refractivity contribution in [1.29, 1.82) is 0 Å². The number of piperidine rings is 1. The van der Waals surface area contributed by atoms with E-state index in [0.717, 1.165) is 36.8 Å². The monoisotopic (exact) mass is 431 g/mol. The van der Waals surface area contributed by atoms with E-state index in [-0.39, 0.29) is 23.7 Å². The van der Waals surface area contributed by atoms with Gasteiger partial charge in [0.15, 0.2) is 11.6 Å². The SMILES string of the molecule is COc1cccc(CN(C(=O)NC(C)c2cccc(F)c2F)C2C(C)CCCN2C)c1. The predicted molar refractivity (Wildman–Crippen MR) is 117 cm³/mol. The maximum Gasteiger partial charge on any atom is 0.319 e. The van der Waals surface area contributed by atoms with Gasteiger partial charge in [-0.15, -0.1) is 0 Å². The Morgan fingerprint density at radius 2 is 2.03 bits per heavy atom. The molecule has 1 heterocycles. The predicted octanol–water partition coefficient (Wildman–Crippen LogP) is 4.93. The molecule has 31 heavy (non-hydrogen) atoms. The zero-order valence-electron chi connectivity index (χ0n) is 18.6. The summed E-state index contributed by atoms with van der Waals surface area (Å²) in [5.41, 5.74) is 1.06. The van der Waals surface area contributed by atoms with Crippen LogP contribution >= 0.6 is 0 Å². The van der Waals surface area contributed by atoms with Gasteiger partial charge in [0, 0.05) is 12.1 Å². The Morgan fingerprint density at radius 3 is 2.74 bits per heavy atom. The van der Waals surface area contributed by atoms with Crippen LogP contribution in [0.15, 0.2) is 42.5 Å². The molecule has 5 nitrogen and oxygen atoms in total. The molecular formula is C24H31F2N3O2. The Balaban J connectivity index is 1.87. The molecule has 3 atom stereocenters. The smallest absolute Gasteiger partial charge is 0.319 e. The summed E-state index contributed by atoms with van der Waals surface area (Å²) in [6.45, 7) is 5.07. The van der Waals surface area contributed by atoms with E-state index in [1.165, 1.54) is 12.1 Å². The van der Waals surface area contributed by atoms with Crippen LogP contribution in [0, 0.1) is 17.6 Å². The highest BCUT2D eigenvalue weighted by atomic mass is 19.2. The van der Waals surface area contributed by atoms with Crippen molar-refractivity contribution in [3.8, 4) is 5.75 Å². The number of likely N-dealkylation sites (tertiary alicyclic amines) is 1. The molecule has 3 rings (SSSR count). The second kappa shape index (κ2) is 10.1. The van der Waals surface area contributed by atoms with Crippen molar-refractivity contribution in [3.63, 3.8) is 0 Å². The summed E-state index contributed by atoms with van der Waals surface area (Å²) in [6.07, 6.45) is 1.99. The topological polar surface area (TPSA) is 44.8 Å². The van der Waals surface area contributed by atoms with Crippen LogP contribution in [0.1, 0.15) is 43.9 Å². The number of carbonyl (C=O) groups is 1. The molecule has 0 aromatic heterocycles. The molecule has 1 saturated heterocycles. The highest BCUT2D eigenvalue weighted by molar-refractivity contribution is 5.75. The van der Waals surface area contributed by atoms with Crippen molar-refractivity contribution in [2.24, 2.45) is 5.92 Å². The van der Waals surface area contributed by atoms with E-state index < -0.39 is 17.7 Å². The number of benzene rings is 2. The van der Waals surface area contributed by atoms with Crippen LogP contribution in [0.5, 0.6) is 5.75 Å². The van der Waals surface area contributed by atoms with Crippen LogP contribution in [0.2, 0.25) is 0 Å². The van der Waals surface area contributed by atoms with Gasteiger partial charge in [-0.3, -0.25) is 4.90 Å². The fourth-order valence-electron chi connectivity index (χ4n) is 4.38. The third-order valence-electron chi connectivity index (χ3n) is 5.99. The number of amides is 2. The molecule has 0 aliphatic carbocycles. The standard InChI is InChI=1S/C24H31F2N3O2/c1-16-8-7-13-28(3)23(16)29(15-18-9-5-10-19(14-18)31-4)24(30)27-17(2)20-11-6-12-21(25)22(20)26/h5-6,9-12,14,16-17,23H,7-8,13,15H2,1-4H3,(H,27,30). The van der Waals surface area contributed by atoms with Crippen molar-refractivity contribution >= 4 is 6.03 Å². The van der Waals surface area contributed by atoms with Crippen LogP contribution in [0.3, 0.4) is 0 Å². The average molecular weight is 432 g/mol. The quantitative estimate of drug-likeness (QED) is 0.705. The zero-order chi connectivity index (χ0) is 22.5. The van der Waals surface area contributed by atoms with Crippen molar-refractivity contribution < 1.29 is 18.3 Å². The van der Waals surface area contributed by atoms with Gasteiger partial charge in [-0.1, -0.05) is 31.2 Å². The van der Waals surface area contributed by atoms with Gasteiger partial charge in [-0.25, -0.2) is 13.6 Å². The molecule has 3 unspecified atom stereocenters. The van der Waals surface area contributed by atoms with Crippen LogP contribution in [-0.2, 0) is 6.54 Å². The molecular weight excluding hydrogens is 400 g/mol. The Bertz CT molecular complexity index is 898. The minimum atomic E-state index is -0.933. The fourth-order valence-corrected chi connectivity index (χ4v) is 4.38. The molecule has 0 bridgehead atoms. The summed E-state index contributed by atoms with van der Waals surface area (Å²) in [5, 5.41) is 2.87. The average Bonchev–Trinajstić information content (AvgIpc) is 2.74. The number of nitrogens with zero attached hydrogens (tertiary/aromatic N) is 2. The Kier molecular flexibility index (Phi) is 7.49. The molecule has 2 amide bonds. The molecule has 1 N–H and O–H groups in total. The van der Waals surface area contributed by atoms with Crippen LogP contribution in [0.25, 0.3) is 0 Å². The molecule has 0 saturated carbocycles. The number of methoxy groups -OCH3 is 1. The highest BCUT2D eigenvalue weighted by Crippen LogP contribution is 2.28. The molecule has 1 fully saturated rings. The maximum atomic E-state index is 14.3. The van der Waals surface area contributed by atoms with E-state index in [2.05, 4.69) is 17.1 Å². The summed E-state index contributed by atoms with van der Waals surface area (Å²) < 4.78 is 33.2. The second-order valence-electron chi connectivity index (χ2n) is 8.31. The van der Waals surface area contributed by atoms with Crippen molar-refractivity contribution in [2.75, 3.05) is 20.7 Å². The second-order valence-corrected chi connectivity index (χ2v) is 8.31. The van der Waals surface area contributed by atoms with Gasteiger partial charge in [-0.2, -0.15) is 0 Å². The third kappa shape index (κ3) is 5.34. The molecule has 1 aliphatic heterocycles. The first-order valence-corrected chi connectivity index (χ1v) is 10.7. The largest absolute Gasteiger partial charge is 0.497 e. The highest BCUT2D eigenvalue weighted by Gasteiger charge is 2.35. The molecule has 2 aromatic rings. The number of halogens is 2. The number of rotatable bonds is 6. The van der Waals surface area contributed by atoms with Gasteiger partial charge in [0.1, 0.15) is 5.75 Å². The fraction of sp³-hybridized carbons (Fsp3) is 0.458. The van der Waals surface area contributed by atoms with E-state index in [1.54, 1.807) is 18.9 Å². The molecule has 0 radical (unpaired) electrons. The number of ether oxygens (including phenoxy) is 1. The minimum Gasteiger partial charge on any atom is -0.497 e. The molecule has 7 heteroatoms. The first-order chi connectivity index (χ1) is 14.8. The summed E-state index contributed by atoms with van der Waals surface area (Å²) in [4.78, 5) is 17.4. The number of hydrogen-bond donors (Lipinski definition) is 1. The van der Waals surface area contributed by atoms with Crippen molar-refractivity contribution in [1.82, 2.24) is 15.1 Å². The van der Waals surface area contributed by atoms with Gasteiger partial charge in [0.2, 0.25) is 0 Å². The molecule has 0 spiro atoms. The summed E-state index contributed by atoms with van der Waals surface area (Å²) >= 11 is 0. The number of urea groups is 1. The van der Waals surface area contributed by atoms with Gasteiger partial charge >= 0.3 is 6.03 Å². The minimum absolute atomic E-state index is 0.107. The van der Waals surface area contributed by atoms with Crippen molar-refractivity contribution in [2.45, 2.75) is 45.4 Å². The van der Waals surface area contributed by atoms with E-state index >= 15 is 0 Å². The number of hydrogen-bond acceptors (Lipinski definition) is 3. The summed E-state index contributed by atoms with van der Waals surface area (Å²) in [5.74, 6) is -0.861. The van der Waals surface area contributed by atoms with Gasteiger partial charge in [-0.05, 0) is 63.0 Å². The van der Waals surface area contributed by atoms with E-state index in [1.807, 2.05) is 31.3 Å². The first-order valence-electron chi connectivity index (χ1n) is 10.7. The number of nitrogens with one attached hydrogen (secondary N) is 1. The number of carbonyl (C=O) groups excluding carboxylic acids is 1. The zero-order valence-corrected chi connectivity index (χ0v) is 18.6. The Hall–Kier alpha value is -2.67. The van der Waals surface area contributed by atoms with Gasteiger partial charge < -0.3 is 15.0 Å². The molecule has 2 aromatic carbocycles. The van der Waals surface area contributed by atoms with Gasteiger partial charge in [0.25, 0.3) is 0 Å². The third-order valence-corrected chi connectivity index (χ3v) is 5.99. The van der Waals surface area contributed by atoms with Gasteiger partial charge in [0.05, 0.1) is 19.3 Å². The van der Waals surface area contributed by atoms with Crippen LogP contribution in [-0.4, -0.2) is 42.7 Å². The van der Waals surface area contributed by atoms with E-state index in [4.69, 9.17) is 4.74 Å². The summed E-state index contributed by atoms with van der Waals surface area (Å²) in [7, 11) is 3.62. The normalized spacial score (nSPS) is 20.2. The lowest BCUT2D eigenvalue weighted by Gasteiger charge is -2.44. The molecule has 1 aliphatic rings. The first kappa shape index (κ1) is 23.0. The van der Waals surface area contributed by atoms with Crippen LogP contribution < -0.4 is 10.1 Å². The Labute approximate surface area is 183 Å². The maximum absolute atomic E-state index is 14.3. The van der Waals surface area contributed by atoms with E-state index in [9.17, 15) is 13.6 Å². The van der Waals surface area contributed by atoms with Crippen molar-refractivity contribution in [3.05, 3.63) is 65.2 Å². The lowest BCUT2D eigenvalue weighted by atomic mass is 9.95. The van der Waals surface area contributed by atoms with Crippen LogP contribution in [0.4, 0.5) is 13.6 Å².